The Balaban J connectivity index is 2.48. The van der Waals surface area contributed by atoms with E-state index in [0.29, 0.717) is 12.5 Å². The van der Waals surface area contributed by atoms with E-state index in [1.165, 1.54) is 4.88 Å². The van der Waals surface area contributed by atoms with Crippen molar-refractivity contribution < 1.29 is 4.74 Å². The van der Waals surface area contributed by atoms with Gasteiger partial charge in [-0.2, -0.15) is 4.98 Å². The molecule has 0 fully saturated rings. The number of thiophene rings is 1. The van der Waals surface area contributed by atoms with Crippen LogP contribution in [0.3, 0.4) is 0 Å². The zero-order valence-electron chi connectivity index (χ0n) is 9.29. The number of halogens is 1. The van der Waals surface area contributed by atoms with E-state index in [2.05, 4.69) is 29.9 Å². The molecule has 0 aliphatic carbocycles. The molecule has 0 N–H and O–H groups in total. The molecule has 2 aromatic rings. The van der Waals surface area contributed by atoms with Gasteiger partial charge in [-0.3, -0.25) is 0 Å². The SMILES string of the molecule is CCCOc1nc(Cl)nc2sc(CC)cc12. The summed E-state index contributed by atoms with van der Waals surface area (Å²) in [6, 6.07) is 2.08. The summed E-state index contributed by atoms with van der Waals surface area (Å²) >= 11 is 7.50. The lowest BCUT2D eigenvalue weighted by Crippen LogP contribution is -1.98. The number of fused-ring (bicyclic) bond motifs is 1. The third-order valence-electron chi connectivity index (χ3n) is 2.17. The zero-order valence-corrected chi connectivity index (χ0v) is 10.9. The first kappa shape index (κ1) is 11.6. The molecule has 2 heterocycles. The van der Waals surface area contributed by atoms with Gasteiger partial charge in [-0.1, -0.05) is 13.8 Å². The van der Waals surface area contributed by atoms with Gasteiger partial charge in [0.05, 0.1) is 12.0 Å². The van der Waals surface area contributed by atoms with Gasteiger partial charge in [-0.25, -0.2) is 4.98 Å². The van der Waals surface area contributed by atoms with Gasteiger partial charge in [0, 0.05) is 4.88 Å². The summed E-state index contributed by atoms with van der Waals surface area (Å²) in [7, 11) is 0. The van der Waals surface area contributed by atoms with Crippen molar-refractivity contribution in [2.45, 2.75) is 26.7 Å². The van der Waals surface area contributed by atoms with Crippen molar-refractivity contribution in [2.24, 2.45) is 0 Å². The quantitative estimate of drug-likeness (QED) is 0.783. The summed E-state index contributed by atoms with van der Waals surface area (Å²) in [4.78, 5) is 10.5. The smallest absolute Gasteiger partial charge is 0.227 e. The van der Waals surface area contributed by atoms with Gasteiger partial charge in [-0.05, 0) is 30.5 Å². The van der Waals surface area contributed by atoms with Crippen molar-refractivity contribution in [3.63, 3.8) is 0 Å². The van der Waals surface area contributed by atoms with Gasteiger partial charge in [-0.15, -0.1) is 11.3 Å². The van der Waals surface area contributed by atoms with Gasteiger partial charge in [0.2, 0.25) is 11.2 Å². The van der Waals surface area contributed by atoms with E-state index in [1.807, 2.05) is 0 Å². The lowest BCUT2D eigenvalue weighted by atomic mass is 10.3. The Morgan fingerprint density at radius 1 is 1.38 bits per heavy atom. The minimum absolute atomic E-state index is 0.253. The van der Waals surface area contributed by atoms with Crippen molar-refractivity contribution in [3.05, 3.63) is 16.2 Å². The van der Waals surface area contributed by atoms with Gasteiger partial charge >= 0.3 is 0 Å². The summed E-state index contributed by atoms with van der Waals surface area (Å²) in [5.74, 6) is 0.604. The molecule has 0 amide bonds. The Labute approximate surface area is 103 Å². The van der Waals surface area contributed by atoms with Crippen molar-refractivity contribution in [3.8, 4) is 5.88 Å². The first-order chi connectivity index (χ1) is 7.74. The number of hydrogen-bond donors (Lipinski definition) is 0. The highest BCUT2D eigenvalue weighted by Gasteiger charge is 2.11. The summed E-state index contributed by atoms with van der Waals surface area (Å²) < 4.78 is 5.58. The highest BCUT2D eigenvalue weighted by atomic mass is 35.5. The highest BCUT2D eigenvalue weighted by molar-refractivity contribution is 7.18. The molecule has 0 radical (unpaired) electrons. The molecule has 0 saturated carbocycles. The van der Waals surface area contributed by atoms with Crippen LogP contribution in [-0.4, -0.2) is 16.6 Å². The molecule has 3 nitrogen and oxygen atoms in total. The summed E-state index contributed by atoms with van der Waals surface area (Å²) in [5, 5.41) is 1.22. The zero-order chi connectivity index (χ0) is 11.5. The fourth-order valence-electron chi connectivity index (χ4n) is 1.40. The van der Waals surface area contributed by atoms with E-state index in [1.54, 1.807) is 11.3 Å². The molecule has 16 heavy (non-hydrogen) atoms. The molecule has 0 aliphatic rings. The first-order valence-electron chi connectivity index (χ1n) is 5.33. The van der Waals surface area contributed by atoms with E-state index in [0.717, 1.165) is 23.1 Å². The van der Waals surface area contributed by atoms with E-state index in [4.69, 9.17) is 16.3 Å². The van der Waals surface area contributed by atoms with E-state index in [-0.39, 0.29) is 5.28 Å². The highest BCUT2D eigenvalue weighted by Crippen LogP contribution is 2.31. The van der Waals surface area contributed by atoms with Crippen molar-refractivity contribution in [2.75, 3.05) is 6.61 Å². The van der Waals surface area contributed by atoms with Crippen LogP contribution in [-0.2, 0) is 6.42 Å². The molecular weight excluding hydrogens is 244 g/mol. The van der Waals surface area contributed by atoms with Crippen LogP contribution in [0.2, 0.25) is 5.28 Å². The first-order valence-corrected chi connectivity index (χ1v) is 6.52. The molecule has 0 aromatic carbocycles. The fourth-order valence-corrected chi connectivity index (χ4v) is 2.57. The lowest BCUT2D eigenvalue weighted by molar-refractivity contribution is 0.309. The molecule has 0 atom stereocenters. The van der Waals surface area contributed by atoms with Crippen LogP contribution in [0.5, 0.6) is 5.88 Å². The van der Waals surface area contributed by atoms with Crippen LogP contribution in [0.25, 0.3) is 10.2 Å². The number of rotatable bonds is 4. The minimum atomic E-state index is 0.253. The topological polar surface area (TPSA) is 35.0 Å². The van der Waals surface area contributed by atoms with E-state index in [9.17, 15) is 0 Å². The maximum atomic E-state index is 5.86. The normalized spacial score (nSPS) is 10.9. The van der Waals surface area contributed by atoms with Crippen molar-refractivity contribution in [1.29, 1.82) is 0 Å². The van der Waals surface area contributed by atoms with Crippen LogP contribution in [0, 0.1) is 0 Å². The van der Waals surface area contributed by atoms with Crippen LogP contribution >= 0.6 is 22.9 Å². The number of aryl methyl sites for hydroxylation is 1. The predicted molar refractivity (Wildman–Crippen MR) is 67.6 cm³/mol. The molecule has 0 saturated heterocycles. The molecule has 5 heteroatoms. The Kier molecular flexibility index (Phi) is 3.61. The van der Waals surface area contributed by atoms with Crippen LogP contribution < -0.4 is 4.74 Å². The van der Waals surface area contributed by atoms with E-state index < -0.39 is 0 Å². The average molecular weight is 257 g/mol. The van der Waals surface area contributed by atoms with Gasteiger partial charge in [0.25, 0.3) is 0 Å². The Morgan fingerprint density at radius 3 is 2.88 bits per heavy atom. The molecule has 0 bridgehead atoms. The molecule has 0 aliphatic heterocycles. The summed E-state index contributed by atoms with van der Waals surface area (Å²) in [6.07, 6.45) is 1.94. The molecule has 0 spiro atoms. The Hall–Kier alpha value is -0.870. The third kappa shape index (κ3) is 2.28. The number of nitrogens with zero attached hydrogens (tertiary/aromatic N) is 2. The second-order valence-electron chi connectivity index (χ2n) is 3.43. The number of aromatic nitrogens is 2. The summed E-state index contributed by atoms with van der Waals surface area (Å²) in [5.41, 5.74) is 0. The average Bonchev–Trinajstić information content (AvgIpc) is 2.68. The van der Waals surface area contributed by atoms with Gasteiger partial charge in [0.15, 0.2) is 0 Å². The lowest BCUT2D eigenvalue weighted by Gasteiger charge is -2.04. The number of hydrogen-bond acceptors (Lipinski definition) is 4. The maximum absolute atomic E-state index is 5.86. The second-order valence-corrected chi connectivity index (χ2v) is 4.88. The molecule has 2 aromatic heterocycles. The third-order valence-corrected chi connectivity index (χ3v) is 3.52. The molecular formula is C11H13ClN2OS. The van der Waals surface area contributed by atoms with Crippen LogP contribution in [0.1, 0.15) is 25.1 Å². The molecule has 0 unspecified atom stereocenters. The Bertz CT molecular complexity index is 498. The standard InChI is InChI=1S/C11H13ClN2OS/c1-3-5-15-9-8-6-7(4-2)16-10(8)14-11(12)13-9/h6H,3-5H2,1-2H3. The van der Waals surface area contributed by atoms with Crippen molar-refractivity contribution in [1.82, 2.24) is 9.97 Å². The van der Waals surface area contributed by atoms with Gasteiger partial charge < -0.3 is 4.74 Å². The second kappa shape index (κ2) is 4.97. The van der Waals surface area contributed by atoms with Crippen LogP contribution in [0.15, 0.2) is 6.07 Å². The summed E-state index contributed by atoms with van der Waals surface area (Å²) in [6.45, 7) is 4.83. The largest absolute Gasteiger partial charge is 0.477 e. The van der Waals surface area contributed by atoms with Gasteiger partial charge in [0.1, 0.15) is 4.83 Å². The molecule has 2 rings (SSSR count). The predicted octanol–water partition coefficient (Wildman–Crippen LogP) is 3.70. The maximum Gasteiger partial charge on any atom is 0.227 e. The number of ether oxygens (including phenoxy) is 1. The minimum Gasteiger partial charge on any atom is -0.477 e. The molecule has 86 valence electrons. The van der Waals surface area contributed by atoms with Crippen molar-refractivity contribution >= 4 is 33.2 Å². The monoisotopic (exact) mass is 256 g/mol. The van der Waals surface area contributed by atoms with Crippen LogP contribution in [0.4, 0.5) is 0 Å². The Morgan fingerprint density at radius 2 is 2.19 bits per heavy atom. The fraction of sp³-hybridized carbons (Fsp3) is 0.455. The van der Waals surface area contributed by atoms with E-state index >= 15 is 0 Å².